The molecule has 1 heterocycles. The number of aromatic nitrogens is 2. The van der Waals surface area contributed by atoms with E-state index in [9.17, 15) is 15.0 Å². The molecule has 0 radical (unpaired) electrons. The van der Waals surface area contributed by atoms with Gasteiger partial charge in [0.25, 0.3) is 0 Å². The third-order valence-corrected chi connectivity index (χ3v) is 4.97. The molecule has 0 amide bonds. The monoisotopic (exact) mass is 330 g/mol. The van der Waals surface area contributed by atoms with Crippen molar-refractivity contribution in [1.29, 1.82) is 0 Å². The number of fused-ring (bicyclic) bond motifs is 1. The van der Waals surface area contributed by atoms with E-state index in [0.717, 1.165) is 43.0 Å². The summed E-state index contributed by atoms with van der Waals surface area (Å²) in [6.45, 7) is 1.87. The van der Waals surface area contributed by atoms with Gasteiger partial charge in [0.05, 0.1) is 23.3 Å². The van der Waals surface area contributed by atoms with E-state index in [2.05, 4.69) is 5.10 Å². The van der Waals surface area contributed by atoms with Gasteiger partial charge in [-0.15, -0.1) is 0 Å². The van der Waals surface area contributed by atoms with Gasteiger partial charge in [-0.05, 0) is 51.5 Å². The molecule has 4 rings (SSSR count). The molecule has 24 heavy (non-hydrogen) atoms. The Morgan fingerprint density at radius 2 is 2.17 bits per heavy atom. The topological polar surface area (TPSA) is 84.6 Å². The summed E-state index contributed by atoms with van der Waals surface area (Å²) in [6.07, 6.45) is 7.38. The molecule has 128 valence electrons. The van der Waals surface area contributed by atoms with Crippen molar-refractivity contribution in [3.8, 4) is 5.75 Å². The fourth-order valence-corrected chi connectivity index (χ4v) is 3.54. The molecule has 2 fully saturated rings. The van der Waals surface area contributed by atoms with Gasteiger partial charge in [0.2, 0.25) is 0 Å². The highest BCUT2D eigenvalue weighted by Crippen LogP contribution is 2.37. The third-order valence-electron chi connectivity index (χ3n) is 4.97. The zero-order valence-electron chi connectivity index (χ0n) is 13.7. The van der Waals surface area contributed by atoms with Gasteiger partial charge in [0.1, 0.15) is 11.3 Å². The molecular formula is C18H22N2O4. The molecule has 2 aliphatic carbocycles. The Bertz CT molecular complexity index is 792. The molecule has 0 saturated heterocycles. The lowest BCUT2D eigenvalue weighted by Crippen LogP contribution is -2.33. The molecule has 2 aliphatic rings. The van der Waals surface area contributed by atoms with E-state index in [1.54, 1.807) is 12.1 Å². The van der Waals surface area contributed by atoms with Crippen LogP contribution in [0.5, 0.6) is 5.75 Å². The summed E-state index contributed by atoms with van der Waals surface area (Å²) in [5, 5.41) is 25.2. The quantitative estimate of drug-likeness (QED) is 0.899. The summed E-state index contributed by atoms with van der Waals surface area (Å²) in [4.78, 5) is 11.5. The predicted octanol–water partition coefficient (Wildman–Crippen LogP) is 3.14. The summed E-state index contributed by atoms with van der Waals surface area (Å²) >= 11 is 0. The summed E-state index contributed by atoms with van der Waals surface area (Å²) < 4.78 is 7.62. The second-order valence-corrected chi connectivity index (χ2v) is 7.39. The minimum Gasteiger partial charge on any atom is -0.489 e. The molecule has 1 aromatic heterocycles. The van der Waals surface area contributed by atoms with E-state index in [1.165, 1.54) is 0 Å². The van der Waals surface area contributed by atoms with Gasteiger partial charge in [0.15, 0.2) is 0 Å². The number of aliphatic hydroxyl groups is 1. The average Bonchev–Trinajstić information content (AvgIpc) is 3.22. The lowest BCUT2D eigenvalue weighted by molar-refractivity contribution is 0.00191. The van der Waals surface area contributed by atoms with Gasteiger partial charge in [-0.1, -0.05) is 0 Å². The van der Waals surface area contributed by atoms with Crippen LogP contribution >= 0.6 is 0 Å². The van der Waals surface area contributed by atoms with Crippen molar-refractivity contribution < 1.29 is 19.7 Å². The van der Waals surface area contributed by atoms with Crippen LogP contribution in [-0.4, -0.2) is 37.7 Å². The van der Waals surface area contributed by atoms with Crippen molar-refractivity contribution in [3.05, 3.63) is 23.9 Å². The smallest absolute Gasteiger partial charge is 0.339 e. The number of carboxylic acids is 1. The van der Waals surface area contributed by atoms with E-state index in [4.69, 9.17) is 4.74 Å². The van der Waals surface area contributed by atoms with Crippen LogP contribution in [0.25, 0.3) is 10.9 Å². The van der Waals surface area contributed by atoms with Gasteiger partial charge < -0.3 is 14.9 Å². The van der Waals surface area contributed by atoms with Gasteiger partial charge >= 0.3 is 5.97 Å². The molecule has 2 saturated carbocycles. The first-order chi connectivity index (χ1) is 11.4. The Labute approximate surface area is 140 Å². The number of carbonyl (C=O) groups is 1. The molecule has 1 aromatic carbocycles. The number of ether oxygens (including phenoxy) is 1. The number of rotatable bonds is 4. The molecule has 0 spiro atoms. The number of carboxylic acid groups (broad SMARTS) is 1. The minimum absolute atomic E-state index is 0.135. The number of nitrogens with zero attached hydrogens (tertiary/aromatic N) is 2. The maximum Gasteiger partial charge on any atom is 0.339 e. The minimum atomic E-state index is -0.985. The van der Waals surface area contributed by atoms with Gasteiger partial charge in [-0.2, -0.15) is 5.10 Å². The molecule has 0 unspecified atom stereocenters. The predicted molar refractivity (Wildman–Crippen MR) is 88.5 cm³/mol. The second-order valence-electron chi connectivity index (χ2n) is 7.39. The number of hydrogen-bond acceptors (Lipinski definition) is 4. The maximum absolute atomic E-state index is 11.5. The van der Waals surface area contributed by atoms with Crippen molar-refractivity contribution in [2.75, 3.05) is 0 Å². The molecule has 0 aliphatic heterocycles. The molecule has 6 nitrogen and oxygen atoms in total. The zero-order valence-corrected chi connectivity index (χ0v) is 13.7. The molecule has 2 atom stereocenters. The first-order valence-corrected chi connectivity index (χ1v) is 8.56. The summed E-state index contributed by atoms with van der Waals surface area (Å²) in [6, 6.07) is 3.51. The number of hydrogen-bond donors (Lipinski definition) is 2. The van der Waals surface area contributed by atoms with Crippen molar-refractivity contribution in [1.82, 2.24) is 9.78 Å². The van der Waals surface area contributed by atoms with Crippen LogP contribution < -0.4 is 4.74 Å². The SMILES string of the molecule is C[C@@]1(O)CCC[C@H](n2cc3cc(C(=O)O)c(OC4CC4)cc3n2)C1. The van der Waals surface area contributed by atoms with Gasteiger partial charge in [-0.3, -0.25) is 4.68 Å². The van der Waals surface area contributed by atoms with Crippen LogP contribution in [0.2, 0.25) is 0 Å². The molecule has 6 heteroatoms. The van der Waals surface area contributed by atoms with E-state index in [0.29, 0.717) is 12.2 Å². The van der Waals surface area contributed by atoms with Crippen LogP contribution in [0.1, 0.15) is 61.8 Å². The van der Waals surface area contributed by atoms with Crippen LogP contribution in [0.3, 0.4) is 0 Å². The maximum atomic E-state index is 11.5. The number of benzene rings is 1. The molecular weight excluding hydrogens is 308 g/mol. The van der Waals surface area contributed by atoms with E-state index in [1.807, 2.05) is 17.8 Å². The standard InChI is InChI=1S/C18H22N2O4/c1-18(23)6-2-3-12(9-18)20-10-11-7-14(17(21)22)16(8-15(11)19-20)24-13-4-5-13/h7-8,10,12-13,23H,2-6,9H2,1H3,(H,21,22)/t12-,18+/m0/s1. The fraction of sp³-hybridized carbons (Fsp3) is 0.556. The Balaban J connectivity index is 1.70. The van der Waals surface area contributed by atoms with Crippen LogP contribution in [0, 0.1) is 0 Å². The Hall–Kier alpha value is -2.08. The summed E-state index contributed by atoms with van der Waals surface area (Å²) in [5.74, 6) is -0.584. The fourth-order valence-electron chi connectivity index (χ4n) is 3.54. The van der Waals surface area contributed by atoms with Gasteiger partial charge in [-0.25, -0.2) is 4.79 Å². The zero-order chi connectivity index (χ0) is 16.9. The van der Waals surface area contributed by atoms with Crippen LogP contribution in [-0.2, 0) is 0 Å². The van der Waals surface area contributed by atoms with Crippen LogP contribution in [0.4, 0.5) is 0 Å². The first-order valence-electron chi connectivity index (χ1n) is 8.56. The van der Waals surface area contributed by atoms with Crippen molar-refractivity contribution in [2.45, 2.75) is 63.2 Å². The highest BCUT2D eigenvalue weighted by molar-refractivity contribution is 5.96. The summed E-state index contributed by atoms with van der Waals surface area (Å²) in [7, 11) is 0. The van der Waals surface area contributed by atoms with Gasteiger partial charge in [0, 0.05) is 17.6 Å². The van der Waals surface area contributed by atoms with E-state index in [-0.39, 0.29) is 17.7 Å². The molecule has 0 bridgehead atoms. The third kappa shape index (κ3) is 2.98. The Morgan fingerprint density at radius 3 is 2.83 bits per heavy atom. The average molecular weight is 330 g/mol. The highest BCUT2D eigenvalue weighted by Gasteiger charge is 2.31. The Kier molecular flexibility index (Phi) is 3.53. The normalized spacial score (nSPS) is 27.3. The lowest BCUT2D eigenvalue weighted by Gasteiger charge is -2.33. The van der Waals surface area contributed by atoms with Crippen LogP contribution in [0.15, 0.2) is 18.3 Å². The second kappa shape index (κ2) is 5.48. The molecule has 2 aromatic rings. The van der Waals surface area contributed by atoms with Crippen molar-refractivity contribution >= 4 is 16.9 Å². The first kappa shape index (κ1) is 15.4. The largest absolute Gasteiger partial charge is 0.489 e. The lowest BCUT2D eigenvalue weighted by atomic mass is 9.83. The van der Waals surface area contributed by atoms with E-state index >= 15 is 0 Å². The van der Waals surface area contributed by atoms with E-state index < -0.39 is 11.6 Å². The number of aromatic carboxylic acids is 1. The van der Waals surface area contributed by atoms with Crippen molar-refractivity contribution in [2.24, 2.45) is 0 Å². The summed E-state index contributed by atoms with van der Waals surface area (Å²) in [5.41, 5.74) is 0.263. The Morgan fingerprint density at radius 1 is 1.38 bits per heavy atom. The highest BCUT2D eigenvalue weighted by atomic mass is 16.5. The van der Waals surface area contributed by atoms with Crippen molar-refractivity contribution in [3.63, 3.8) is 0 Å². The molecule has 2 N–H and O–H groups in total.